The summed E-state index contributed by atoms with van der Waals surface area (Å²) < 4.78 is 10.9. The molecule has 1 saturated heterocycles. The molecule has 4 nitrogen and oxygen atoms in total. The second kappa shape index (κ2) is 8.33. The predicted molar refractivity (Wildman–Crippen MR) is 80.9 cm³/mol. The average molecular weight is 287 g/mol. The van der Waals surface area contributed by atoms with Gasteiger partial charge in [0.25, 0.3) is 5.91 Å². The number of carbonyl (C=O) groups excluding carboxylic acids is 1. The van der Waals surface area contributed by atoms with Gasteiger partial charge < -0.3 is 14.4 Å². The summed E-state index contributed by atoms with van der Waals surface area (Å²) in [7, 11) is 0. The molecule has 1 unspecified atom stereocenters. The molecule has 1 amide bonds. The van der Waals surface area contributed by atoms with E-state index in [1.165, 1.54) is 0 Å². The van der Waals surface area contributed by atoms with Gasteiger partial charge in [-0.25, -0.2) is 0 Å². The van der Waals surface area contributed by atoms with E-state index in [1.807, 2.05) is 35.2 Å². The highest BCUT2D eigenvalue weighted by atomic mass is 16.5. The smallest absolute Gasteiger partial charge is 0.260 e. The molecule has 1 aromatic carbocycles. The molecule has 1 aliphatic heterocycles. The molecule has 0 saturated carbocycles. The van der Waals surface area contributed by atoms with Gasteiger partial charge in [0.2, 0.25) is 0 Å². The second-order valence-electron chi connectivity index (χ2n) is 5.17. The molecule has 0 radical (unpaired) electrons. The zero-order chi connectivity index (χ0) is 14.9. The van der Waals surface area contributed by atoms with Crippen molar-refractivity contribution >= 4 is 5.91 Å². The van der Waals surface area contributed by atoms with Gasteiger partial charge in [0.1, 0.15) is 12.4 Å². The van der Waals surface area contributed by atoms with Crippen molar-refractivity contribution in [2.45, 2.75) is 12.8 Å². The fourth-order valence-electron chi connectivity index (χ4n) is 2.47. The van der Waals surface area contributed by atoms with Gasteiger partial charge >= 0.3 is 0 Å². The van der Waals surface area contributed by atoms with Crippen LogP contribution in [-0.4, -0.2) is 43.7 Å². The van der Waals surface area contributed by atoms with Crippen LogP contribution in [0.2, 0.25) is 0 Å². The Labute approximate surface area is 126 Å². The topological polar surface area (TPSA) is 38.8 Å². The molecule has 0 aromatic heterocycles. The third-order valence-corrected chi connectivity index (χ3v) is 3.52. The zero-order valence-electron chi connectivity index (χ0n) is 12.2. The summed E-state index contributed by atoms with van der Waals surface area (Å²) in [4.78, 5) is 14.0. The maximum absolute atomic E-state index is 12.2. The van der Waals surface area contributed by atoms with Crippen LogP contribution in [0.15, 0.2) is 30.3 Å². The van der Waals surface area contributed by atoms with Crippen molar-refractivity contribution in [2.24, 2.45) is 5.92 Å². The van der Waals surface area contributed by atoms with E-state index in [9.17, 15) is 4.79 Å². The maximum atomic E-state index is 12.2. The van der Waals surface area contributed by atoms with Gasteiger partial charge in [-0.3, -0.25) is 4.79 Å². The van der Waals surface area contributed by atoms with Crippen molar-refractivity contribution < 1.29 is 14.3 Å². The number of hydrogen-bond donors (Lipinski definition) is 0. The Hall–Kier alpha value is -1.99. The number of benzene rings is 1. The summed E-state index contributed by atoms with van der Waals surface area (Å²) in [6.45, 7) is 2.56. The van der Waals surface area contributed by atoms with Gasteiger partial charge in [0.05, 0.1) is 6.61 Å². The van der Waals surface area contributed by atoms with E-state index < -0.39 is 0 Å². The number of rotatable bonds is 6. The van der Waals surface area contributed by atoms with Crippen molar-refractivity contribution in [1.82, 2.24) is 4.90 Å². The third kappa shape index (κ3) is 5.13. The van der Waals surface area contributed by atoms with Crippen LogP contribution in [0.25, 0.3) is 0 Å². The van der Waals surface area contributed by atoms with Crippen molar-refractivity contribution in [3.8, 4) is 18.1 Å². The van der Waals surface area contributed by atoms with Gasteiger partial charge in [-0.1, -0.05) is 24.1 Å². The first kappa shape index (κ1) is 15.4. The summed E-state index contributed by atoms with van der Waals surface area (Å²) in [6.07, 6.45) is 7.24. The summed E-state index contributed by atoms with van der Waals surface area (Å²) >= 11 is 0. The van der Waals surface area contributed by atoms with E-state index in [-0.39, 0.29) is 12.5 Å². The Bertz CT molecular complexity index is 481. The number of ether oxygens (including phenoxy) is 2. The van der Waals surface area contributed by atoms with Gasteiger partial charge in [0, 0.05) is 13.1 Å². The normalized spacial score (nSPS) is 18.0. The summed E-state index contributed by atoms with van der Waals surface area (Å²) in [5.41, 5.74) is 0. The van der Waals surface area contributed by atoms with Crippen LogP contribution in [-0.2, 0) is 9.53 Å². The molecule has 112 valence electrons. The average Bonchev–Trinajstić information content (AvgIpc) is 2.54. The molecular weight excluding hydrogens is 266 g/mol. The number of para-hydroxylation sites is 1. The van der Waals surface area contributed by atoms with Crippen LogP contribution in [0, 0.1) is 18.3 Å². The van der Waals surface area contributed by atoms with Crippen LogP contribution < -0.4 is 4.74 Å². The van der Waals surface area contributed by atoms with Gasteiger partial charge in [-0.15, -0.1) is 6.42 Å². The van der Waals surface area contributed by atoms with Crippen molar-refractivity contribution in [3.05, 3.63) is 30.3 Å². The van der Waals surface area contributed by atoms with E-state index in [2.05, 4.69) is 5.92 Å². The van der Waals surface area contributed by atoms with E-state index in [0.717, 1.165) is 31.7 Å². The minimum atomic E-state index is 0.0282. The van der Waals surface area contributed by atoms with Crippen LogP contribution in [0.4, 0.5) is 0 Å². The summed E-state index contributed by atoms with van der Waals surface area (Å²) in [5, 5.41) is 0. The van der Waals surface area contributed by atoms with Gasteiger partial charge in [-0.2, -0.15) is 0 Å². The van der Waals surface area contributed by atoms with Crippen LogP contribution >= 0.6 is 0 Å². The fourth-order valence-corrected chi connectivity index (χ4v) is 2.47. The Morgan fingerprint density at radius 3 is 2.95 bits per heavy atom. The molecule has 4 heteroatoms. The number of terminal acetylenes is 1. The number of amides is 1. The molecule has 21 heavy (non-hydrogen) atoms. The van der Waals surface area contributed by atoms with Crippen molar-refractivity contribution in [3.63, 3.8) is 0 Å². The lowest BCUT2D eigenvalue weighted by atomic mass is 9.99. The first-order valence-corrected chi connectivity index (χ1v) is 7.26. The predicted octanol–water partition coefficient (Wildman–Crippen LogP) is 1.95. The Morgan fingerprint density at radius 1 is 1.38 bits per heavy atom. The summed E-state index contributed by atoms with van der Waals surface area (Å²) in [5.74, 6) is 3.57. The molecule has 0 N–H and O–H groups in total. The number of carbonyl (C=O) groups is 1. The number of hydrogen-bond acceptors (Lipinski definition) is 3. The van der Waals surface area contributed by atoms with E-state index in [4.69, 9.17) is 15.9 Å². The molecule has 0 bridgehead atoms. The van der Waals surface area contributed by atoms with Crippen molar-refractivity contribution in [2.75, 3.05) is 32.9 Å². The highest BCUT2D eigenvalue weighted by Crippen LogP contribution is 2.17. The minimum absolute atomic E-state index is 0.0282. The van der Waals surface area contributed by atoms with E-state index >= 15 is 0 Å². The molecule has 1 fully saturated rings. The SMILES string of the molecule is C#CCOCC1CCCN(C(=O)COc2ccccc2)C1. The van der Waals surface area contributed by atoms with Crippen LogP contribution in [0.5, 0.6) is 5.75 Å². The monoisotopic (exact) mass is 287 g/mol. The van der Waals surface area contributed by atoms with E-state index in [1.54, 1.807) is 0 Å². The molecule has 2 rings (SSSR count). The highest BCUT2D eigenvalue weighted by molar-refractivity contribution is 5.77. The molecule has 1 heterocycles. The standard InChI is InChI=1S/C17H21NO3/c1-2-11-20-13-15-7-6-10-18(12-15)17(19)14-21-16-8-4-3-5-9-16/h1,3-5,8-9,15H,6-7,10-14H2. The second-order valence-corrected chi connectivity index (χ2v) is 5.17. The van der Waals surface area contributed by atoms with Crippen LogP contribution in [0.3, 0.4) is 0 Å². The number of likely N-dealkylation sites (tertiary alicyclic amines) is 1. The quantitative estimate of drug-likeness (QED) is 0.593. The third-order valence-electron chi connectivity index (χ3n) is 3.52. The maximum Gasteiger partial charge on any atom is 0.260 e. The molecule has 1 aliphatic rings. The molecule has 1 atom stereocenters. The van der Waals surface area contributed by atoms with Crippen LogP contribution in [0.1, 0.15) is 12.8 Å². The van der Waals surface area contributed by atoms with Gasteiger partial charge in [-0.05, 0) is 30.9 Å². The first-order valence-electron chi connectivity index (χ1n) is 7.26. The minimum Gasteiger partial charge on any atom is -0.484 e. The molecular formula is C17H21NO3. The lowest BCUT2D eigenvalue weighted by Crippen LogP contribution is -2.43. The molecule has 0 aliphatic carbocycles. The lowest BCUT2D eigenvalue weighted by Gasteiger charge is -2.32. The largest absolute Gasteiger partial charge is 0.484 e. The van der Waals surface area contributed by atoms with Crippen molar-refractivity contribution in [1.29, 1.82) is 0 Å². The molecule has 1 aromatic rings. The van der Waals surface area contributed by atoms with Gasteiger partial charge in [0.15, 0.2) is 6.61 Å². The fraction of sp³-hybridized carbons (Fsp3) is 0.471. The Balaban J connectivity index is 1.75. The number of nitrogens with zero attached hydrogens (tertiary/aromatic N) is 1. The summed E-state index contributed by atoms with van der Waals surface area (Å²) in [6, 6.07) is 9.39. The zero-order valence-corrected chi connectivity index (χ0v) is 12.2. The Kier molecular flexibility index (Phi) is 6.11. The first-order chi connectivity index (χ1) is 10.3. The lowest BCUT2D eigenvalue weighted by molar-refractivity contribution is -0.135. The molecule has 0 spiro atoms. The Morgan fingerprint density at radius 2 is 2.19 bits per heavy atom. The highest BCUT2D eigenvalue weighted by Gasteiger charge is 2.23. The van der Waals surface area contributed by atoms with E-state index in [0.29, 0.717) is 19.1 Å². The number of piperidine rings is 1.